The van der Waals surface area contributed by atoms with Crippen molar-refractivity contribution < 1.29 is 23.8 Å². The van der Waals surface area contributed by atoms with Gasteiger partial charge in [-0.1, -0.05) is 12.0 Å². The Hall–Kier alpha value is -2.44. The summed E-state index contributed by atoms with van der Waals surface area (Å²) in [6, 6.07) is 8.16. The number of terminal acetylenes is 1. The molecule has 1 aliphatic carbocycles. The lowest BCUT2D eigenvalue weighted by molar-refractivity contribution is -0.136. The summed E-state index contributed by atoms with van der Waals surface area (Å²) < 4.78 is 24.7. The number of hydrogen-bond acceptors (Lipinski definition) is 6. The maximum absolute atomic E-state index is 13.6. The van der Waals surface area contributed by atoms with Crippen LogP contribution in [0.5, 0.6) is 5.75 Å². The molecule has 1 aromatic carbocycles. The summed E-state index contributed by atoms with van der Waals surface area (Å²) in [5.74, 6) is 2.48. The third-order valence-electron chi connectivity index (χ3n) is 5.96. The zero-order valence-electron chi connectivity index (χ0n) is 18.5. The molecule has 1 amide bonds. The van der Waals surface area contributed by atoms with Crippen LogP contribution in [0.15, 0.2) is 35.7 Å². The van der Waals surface area contributed by atoms with Crippen molar-refractivity contribution in [2.45, 2.75) is 37.5 Å². The molecule has 0 radical (unpaired) electrons. The van der Waals surface area contributed by atoms with Crippen molar-refractivity contribution >= 4 is 17.2 Å². The topological polar surface area (TPSA) is 62.2 Å². The van der Waals surface area contributed by atoms with Gasteiger partial charge in [0, 0.05) is 30.1 Å². The van der Waals surface area contributed by atoms with E-state index in [0.717, 1.165) is 24.8 Å². The van der Waals surface area contributed by atoms with Gasteiger partial charge in [0.05, 0.1) is 25.3 Å². The fraction of sp³-hybridized carbons (Fsp3) is 0.480. The molecule has 2 aliphatic rings. The van der Waals surface area contributed by atoms with Crippen molar-refractivity contribution in [1.82, 2.24) is 9.80 Å². The molecule has 1 saturated carbocycles. The number of fused-ring (bicyclic) bond motifs is 1. The van der Waals surface area contributed by atoms with Crippen LogP contribution in [0, 0.1) is 18.2 Å². The monoisotopic (exact) mass is 472 g/mol. The quantitative estimate of drug-likeness (QED) is 0.403. The largest absolute Gasteiger partial charge is 0.491 e. The third-order valence-corrected chi connectivity index (χ3v) is 6.96. The van der Waals surface area contributed by atoms with Crippen molar-refractivity contribution in [3.05, 3.63) is 52.0 Å². The van der Waals surface area contributed by atoms with Crippen LogP contribution in [0.4, 0.5) is 4.39 Å². The van der Waals surface area contributed by atoms with E-state index in [4.69, 9.17) is 15.9 Å². The molecule has 33 heavy (non-hydrogen) atoms. The predicted molar refractivity (Wildman–Crippen MR) is 125 cm³/mol. The number of carbonyl (C=O) groups excluding carboxylic acids is 1. The molecule has 2 heterocycles. The number of ether oxygens (including phenoxy) is 2. The summed E-state index contributed by atoms with van der Waals surface area (Å²) in [5.41, 5.74) is 1.09. The van der Waals surface area contributed by atoms with E-state index in [1.165, 1.54) is 17.0 Å². The van der Waals surface area contributed by atoms with Crippen LogP contribution in [0.25, 0.3) is 0 Å². The lowest BCUT2D eigenvalue weighted by Gasteiger charge is -2.37. The Kier molecular flexibility index (Phi) is 7.99. The normalized spacial score (nSPS) is 18.6. The molecule has 1 aromatic heterocycles. The van der Waals surface area contributed by atoms with Crippen LogP contribution >= 0.6 is 11.3 Å². The lowest BCUT2D eigenvalue weighted by Crippen LogP contribution is -2.48. The van der Waals surface area contributed by atoms with Gasteiger partial charge < -0.3 is 19.5 Å². The van der Waals surface area contributed by atoms with E-state index in [-0.39, 0.29) is 44.1 Å². The van der Waals surface area contributed by atoms with Gasteiger partial charge in [-0.3, -0.25) is 9.69 Å². The number of nitrogens with zero attached hydrogens (tertiary/aromatic N) is 2. The summed E-state index contributed by atoms with van der Waals surface area (Å²) in [6.07, 6.45) is 7.33. The molecule has 1 fully saturated rings. The molecule has 1 aliphatic heterocycles. The SMILES string of the molecule is C#CCOC[C@H](O)CN(CC(=O)N1CCc2sccc2[C@H]1COc1cccc(F)c1)C1CC1. The van der Waals surface area contributed by atoms with Crippen molar-refractivity contribution in [1.29, 1.82) is 0 Å². The summed E-state index contributed by atoms with van der Waals surface area (Å²) in [6.45, 7) is 1.76. The lowest BCUT2D eigenvalue weighted by atomic mass is 10.0. The Morgan fingerprint density at radius 3 is 3.00 bits per heavy atom. The van der Waals surface area contributed by atoms with Crippen LogP contribution in [-0.4, -0.2) is 72.4 Å². The van der Waals surface area contributed by atoms with Crippen LogP contribution in [0.2, 0.25) is 0 Å². The molecule has 4 rings (SSSR count). The van der Waals surface area contributed by atoms with Gasteiger partial charge in [-0.15, -0.1) is 17.8 Å². The van der Waals surface area contributed by atoms with E-state index in [1.54, 1.807) is 23.5 Å². The summed E-state index contributed by atoms with van der Waals surface area (Å²) in [5, 5.41) is 12.4. The second kappa shape index (κ2) is 11.1. The molecule has 0 unspecified atom stereocenters. The minimum Gasteiger partial charge on any atom is -0.491 e. The van der Waals surface area contributed by atoms with Gasteiger partial charge in [-0.05, 0) is 48.4 Å². The zero-order chi connectivity index (χ0) is 23.2. The number of hydrogen-bond donors (Lipinski definition) is 1. The van der Waals surface area contributed by atoms with E-state index in [0.29, 0.717) is 24.9 Å². The van der Waals surface area contributed by atoms with E-state index in [1.807, 2.05) is 21.2 Å². The Labute approximate surface area is 197 Å². The first-order valence-electron chi connectivity index (χ1n) is 11.2. The maximum atomic E-state index is 13.6. The standard InChI is InChI=1S/C25H29FN2O4S/c1-2-11-31-16-20(29)14-27(19-6-7-19)15-25(30)28-10-8-24-22(9-12-33-24)23(28)17-32-21-5-3-4-18(26)13-21/h1,3-5,9,12-13,19-20,23,29H,6-8,10-11,14-17H2/t20-,23-/m1/s1. The fourth-order valence-corrected chi connectivity index (χ4v) is 5.16. The highest BCUT2D eigenvalue weighted by Crippen LogP contribution is 2.34. The first-order valence-corrected chi connectivity index (χ1v) is 12.1. The van der Waals surface area contributed by atoms with Gasteiger partial charge in [0.2, 0.25) is 5.91 Å². The molecule has 2 atom stereocenters. The Morgan fingerprint density at radius 1 is 1.39 bits per heavy atom. The first kappa shape index (κ1) is 23.7. The van der Waals surface area contributed by atoms with Crippen molar-refractivity contribution in [2.75, 3.05) is 39.5 Å². The highest BCUT2D eigenvalue weighted by Gasteiger charge is 2.36. The van der Waals surface area contributed by atoms with Gasteiger partial charge in [0.25, 0.3) is 0 Å². The number of rotatable bonds is 11. The Balaban J connectivity index is 1.42. The predicted octanol–water partition coefficient (Wildman–Crippen LogP) is 2.87. The van der Waals surface area contributed by atoms with Crippen molar-refractivity contribution in [3.63, 3.8) is 0 Å². The van der Waals surface area contributed by atoms with E-state index < -0.39 is 6.10 Å². The van der Waals surface area contributed by atoms with Gasteiger partial charge in [-0.25, -0.2) is 4.39 Å². The molecule has 1 N–H and O–H groups in total. The van der Waals surface area contributed by atoms with E-state index in [2.05, 4.69) is 5.92 Å². The number of benzene rings is 1. The van der Waals surface area contributed by atoms with E-state index in [9.17, 15) is 14.3 Å². The van der Waals surface area contributed by atoms with Crippen molar-refractivity contribution in [3.8, 4) is 18.1 Å². The zero-order valence-corrected chi connectivity index (χ0v) is 19.3. The molecule has 6 nitrogen and oxygen atoms in total. The van der Waals surface area contributed by atoms with Crippen LogP contribution in [0.1, 0.15) is 29.3 Å². The second-order valence-electron chi connectivity index (χ2n) is 8.45. The minimum atomic E-state index is -0.705. The van der Waals surface area contributed by atoms with Gasteiger partial charge in [0.15, 0.2) is 0 Å². The average molecular weight is 473 g/mol. The van der Waals surface area contributed by atoms with Crippen LogP contribution < -0.4 is 4.74 Å². The summed E-state index contributed by atoms with van der Waals surface area (Å²) in [4.78, 5) is 18.6. The number of amides is 1. The molecule has 8 heteroatoms. The first-order chi connectivity index (χ1) is 16.0. The van der Waals surface area contributed by atoms with Crippen molar-refractivity contribution in [2.24, 2.45) is 0 Å². The Bertz CT molecular complexity index is 987. The minimum absolute atomic E-state index is 0.00309. The number of carbonyl (C=O) groups is 1. The number of aliphatic hydroxyl groups excluding tert-OH is 1. The summed E-state index contributed by atoms with van der Waals surface area (Å²) in [7, 11) is 0. The molecule has 0 spiro atoms. The average Bonchev–Trinajstić information content (AvgIpc) is 3.54. The highest BCUT2D eigenvalue weighted by atomic mass is 32.1. The number of thiophene rings is 1. The van der Waals surface area contributed by atoms with Gasteiger partial charge in [-0.2, -0.15) is 0 Å². The highest BCUT2D eigenvalue weighted by molar-refractivity contribution is 7.10. The molecular formula is C25H29FN2O4S. The number of aliphatic hydroxyl groups is 1. The molecule has 176 valence electrons. The molecule has 0 saturated heterocycles. The van der Waals surface area contributed by atoms with Crippen LogP contribution in [-0.2, 0) is 16.0 Å². The van der Waals surface area contributed by atoms with Gasteiger partial charge in [0.1, 0.15) is 24.8 Å². The third kappa shape index (κ3) is 6.33. The summed E-state index contributed by atoms with van der Waals surface area (Å²) >= 11 is 1.69. The Morgan fingerprint density at radius 2 is 2.24 bits per heavy atom. The van der Waals surface area contributed by atoms with Crippen LogP contribution in [0.3, 0.4) is 0 Å². The molecular weight excluding hydrogens is 443 g/mol. The molecule has 2 aromatic rings. The fourth-order valence-electron chi connectivity index (χ4n) is 4.23. The second-order valence-corrected chi connectivity index (χ2v) is 9.45. The smallest absolute Gasteiger partial charge is 0.237 e. The number of halogens is 1. The molecule has 0 bridgehead atoms. The van der Waals surface area contributed by atoms with Gasteiger partial charge >= 0.3 is 0 Å². The maximum Gasteiger partial charge on any atom is 0.237 e. The van der Waals surface area contributed by atoms with E-state index >= 15 is 0 Å².